The molecule has 0 saturated carbocycles. The van der Waals surface area contributed by atoms with Crippen molar-refractivity contribution in [3.05, 3.63) is 0 Å². The number of carbonyl (C=O) groups excluding carboxylic acids is 1. The smallest absolute Gasteiger partial charge is 0.240 e. The van der Waals surface area contributed by atoms with Gasteiger partial charge in [-0.05, 0) is 38.6 Å². The Morgan fingerprint density at radius 3 is 2.43 bits per heavy atom. The minimum atomic E-state index is -3.10. The highest BCUT2D eigenvalue weighted by Crippen LogP contribution is 2.24. The average molecular weight is 340 g/mol. The Hall–Kier alpha value is -0.370. The van der Waals surface area contributed by atoms with E-state index in [2.05, 4.69) is 10.6 Å². The summed E-state index contributed by atoms with van der Waals surface area (Å²) < 4.78 is 24.4. The van der Waals surface area contributed by atoms with E-state index in [4.69, 9.17) is 0 Å². The third kappa shape index (κ3) is 4.31. The van der Waals surface area contributed by atoms with Crippen molar-refractivity contribution in [3.8, 4) is 0 Å². The molecular weight excluding hydrogens is 314 g/mol. The second-order valence-electron chi connectivity index (χ2n) is 5.88. The van der Waals surface area contributed by atoms with Gasteiger partial charge in [0.2, 0.25) is 15.9 Å². The molecule has 2 fully saturated rings. The number of carbonyl (C=O) groups is 1. The molecule has 2 aliphatic heterocycles. The van der Waals surface area contributed by atoms with Crippen LogP contribution in [0.1, 0.15) is 39.0 Å². The van der Waals surface area contributed by atoms with Crippen molar-refractivity contribution in [3.63, 3.8) is 0 Å². The lowest BCUT2D eigenvalue weighted by atomic mass is 9.92. The molecule has 0 aliphatic carbocycles. The summed E-state index contributed by atoms with van der Waals surface area (Å²) >= 11 is 0. The van der Waals surface area contributed by atoms with Gasteiger partial charge in [-0.15, -0.1) is 12.4 Å². The Morgan fingerprint density at radius 1 is 1.38 bits per heavy atom. The molecule has 0 bridgehead atoms. The molecule has 0 spiro atoms. The average Bonchev–Trinajstić information content (AvgIpc) is 2.88. The minimum Gasteiger partial charge on any atom is -0.352 e. The Kier molecular flexibility index (Phi) is 6.46. The fourth-order valence-electron chi connectivity index (χ4n) is 3.12. The summed E-state index contributed by atoms with van der Waals surface area (Å²) in [4.78, 5) is 12.4. The van der Waals surface area contributed by atoms with Gasteiger partial charge < -0.3 is 10.6 Å². The molecule has 21 heavy (non-hydrogen) atoms. The molecule has 0 radical (unpaired) electrons. The van der Waals surface area contributed by atoms with Crippen LogP contribution in [0.15, 0.2) is 0 Å². The second-order valence-corrected chi connectivity index (χ2v) is 7.86. The van der Waals surface area contributed by atoms with Gasteiger partial charge in [-0.1, -0.05) is 6.92 Å². The van der Waals surface area contributed by atoms with Crippen LogP contribution in [0.3, 0.4) is 0 Å². The van der Waals surface area contributed by atoms with E-state index in [9.17, 15) is 13.2 Å². The molecule has 0 aromatic heterocycles. The molecule has 0 aromatic rings. The largest absolute Gasteiger partial charge is 0.352 e. The quantitative estimate of drug-likeness (QED) is 0.781. The standard InChI is InChI=1S/C13H25N3O3S.ClH/c1-3-13(7-4-8-14-13)12(17)15-11-5-9-16(10-6-11)20(2,18)19;/h11,14H,3-10H2,1-2H3,(H,15,17);1H. The molecule has 2 saturated heterocycles. The topological polar surface area (TPSA) is 78.5 Å². The fourth-order valence-corrected chi connectivity index (χ4v) is 3.99. The fraction of sp³-hybridized carbons (Fsp3) is 0.923. The van der Waals surface area contributed by atoms with Crippen molar-refractivity contribution in [1.82, 2.24) is 14.9 Å². The molecule has 1 atom stereocenters. The first-order chi connectivity index (χ1) is 9.37. The SMILES string of the molecule is CCC1(C(=O)NC2CCN(S(C)(=O)=O)CC2)CCCN1.Cl. The zero-order chi connectivity index (χ0) is 14.8. The number of hydrogen-bond acceptors (Lipinski definition) is 4. The number of piperidine rings is 1. The molecule has 0 aromatic carbocycles. The molecular formula is C13H26ClN3O3S. The van der Waals surface area contributed by atoms with Crippen molar-refractivity contribution < 1.29 is 13.2 Å². The molecule has 1 amide bonds. The van der Waals surface area contributed by atoms with Gasteiger partial charge in [0.25, 0.3) is 0 Å². The van der Waals surface area contributed by atoms with E-state index >= 15 is 0 Å². The van der Waals surface area contributed by atoms with Crippen LogP contribution in [0.25, 0.3) is 0 Å². The van der Waals surface area contributed by atoms with E-state index in [1.807, 2.05) is 6.92 Å². The van der Waals surface area contributed by atoms with Gasteiger partial charge in [-0.2, -0.15) is 0 Å². The molecule has 2 aliphatic rings. The number of nitrogens with zero attached hydrogens (tertiary/aromatic N) is 1. The van der Waals surface area contributed by atoms with Gasteiger partial charge in [0.15, 0.2) is 0 Å². The van der Waals surface area contributed by atoms with E-state index in [1.165, 1.54) is 10.6 Å². The Labute approximate surface area is 133 Å². The zero-order valence-electron chi connectivity index (χ0n) is 12.7. The van der Waals surface area contributed by atoms with Gasteiger partial charge in [-0.25, -0.2) is 12.7 Å². The second kappa shape index (κ2) is 7.26. The van der Waals surface area contributed by atoms with Crippen LogP contribution < -0.4 is 10.6 Å². The number of amides is 1. The molecule has 6 nitrogen and oxygen atoms in total. The van der Waals surface area contributed by atoms with E-state index in [0.29, 0.717) is 25.9 Å². The van der Waals surface area contributed by atoms with Crippen molar-refractivity contribution in [1.29, 1.82) is 0 Å². The molecule has 124 valence electrons. The van der Waals surface area contributed by atoms with Crippen molar-refractivity contribution in [2.75, 3.05) is 25.9 Å². The van der Waals surface area contributed by atoms with Gasteiger partial charge in [0.1, 0.15) is 0 Å². The summed E-state index contributed by atoms with van der Waals surface area (Å²) in [5.41, 5.74) is -0.409. The maximum Gasteiger partial charge on any atom is 0.240 e. The number of sulfonamides is 1. The summed E-state index contributed by atoms with van der Waals surface area (Å²) in [6.45, 7) is 3.92. The predicted octanol–water partition coefficient (Wildman–Crippen LogP) is 0.481. The first-order valence-corrected chi connectivity index (χ1v) is 9.23. The zero-order valence-corrected chi connectivity index (χ0v) is 14.4. The number of hydrogen-bond donors (Lipinski definition) is 2. The van der Waals surface area contributed by atoms with E-state index in [1.54, 1.807) is 0 Å². The monoisotopic (exact) mass is 339 g/mol. The number of nitrogens with one attached hydrogen (secondary N) is 2. The van der Waals surface area contributed by atoms with Crippen LogP contribution in [0.5, 0.6) is 0 Å². The molecule has 2 N–H and O–H groups in total. The van der Waals surface area contributed by atoms with E-state index in [-0.39, 0.29) is 24.4 Å². The number of rotatable bonds is 4. The third-order valence-electron chi connectivity index (χ3n) is 4.54. The summed E-state index contributed by atoms with van der Waals surface area (Å²) in [5.74, 6) is 0.0790. The highest BCUT2D eigenvalue weighted by molar-refractivity contribution is 7.88. The van der Waals surface area contributed by atoms with Gasteiger partial charge >= 0.3 is 0 Å². The summed E-state index contributed by atoms with van der Waals surface area (Å²) in [6, 6.07) is 0.0892. The lowest BCUT2D eigenvalue weighted by molar-refractivity contribution is -0.128. The summed E-state index contributed by atoms with van der Waals surface area (Å²) in [6.07, 6.45) is 5.34. The third-order valence-corrected chi connectivity index (χ3v) is 5.84. The molecule has 1 unspecified atom stereocenters. The van der Waals surface area contributed by atoms with Crippen LogP contribution >= 0.6 is 12.4 Å². The summed E-state index contributed by atoms with van der Waals surface area (Å²) in [5, 5.41) is 6.43. The molecule has 2 rings (SSSR count). The maximum atomic E-state index is 12.4. The normalized spacial score (nSPS) is 28.1. The van der Waals surface area contributed by atoms with Crippen molar-refractivity contribution >= 4 is 28.3 Å². The van der Waals surface area contributed by atoms with Crippen LogP contribution in [0, 0.1) is 0 Å². The van der Waals surface area contributed by atoms with Gasteiger partial charge in [0, 0.05) is 19.1 Å². The minimum absolute atomic E-state index is 0. The van der Waals surface area contributed by atoms with Crippen LogP contribution in [0.4, 0.5) is 0 Å². The first-order valence-electron chi connectivity index (χ1n) is 7.38. The maximum absolute atomic E-state index is 12.4. The van der Waals surface area contributed by atoms with Gasteiger partial charge in [-0.3, -0.25) is 4.79 Å². The van der Waals surface area contributed by atoms with Crippen LogP contribution in [-0.2, 0) is 14.8 Å². The van der Waals surface area contributed by atoms with Crippen molar-refractivity contribution in [2.45, 2.75) is 50.6 Å². The lowest BCUT2D eigenvalue weighted by Gasteiger charge is -2.34. The Bertz CT molecular complexity index is 455. The predicted molar refractivity (Wildman–Crippen MR) is 85.1 cm³/mol. The van der Waals surface area contributed by atoms with Crippen LogP contribution in [0.2, 0.25) is 0 Å². The first kappa shape index (κ1) is 18.7. The molecule has 2 heterocycles. The number of halogens is 1. The van der Waals surface area contributed by atoms with E-state index < -0.39 is 15.6 Å². The van der Waals surface area contributed by atoms with Gasteiger partial charge in [0.05, 0.1) is 11.8 Å². The Balaban J connectivity index is 0.00000220. The highest BCUT2D eigenvalue weighted by atomic mass is 35.5. The molecule has 8 heteroatoms. The summed E-state index contributed by atoms with van der Waals surface area (Å²) in [7, 11) is -3.10. The van der Waals surface area contributed by atoms with Crippen molar-refractivity contribution in [2.24, 2.45) is 0 Å². The lowest BCUT2D eigenvalue weighted by Crippen LogP contribution is -2.57. The highest BCUT2D eigenvalue weighted by Gasteiger charge is 2.40. The Morgan fingerprint density at radius 2 is 2.00 bits per heavy atom. The van der Waals surface area contributed by atoms with E-state index in [0.717, 1.165) is 25.8 Å². The van der Waals surface area contributed by atoms with Crippen LogP contribution in [-0.4, -0.2) is 56.1 Å².